The van der Waals surface area contributed by atoms with Crippen LogP contribution < -0.4 is 0 Å². The van der Waals surface area contributed by atoms with E-state index in [2.05, 4.69) is 11.8 Å². The number of ether oxygens (including phenoxy) is 2. The molecule has 2 aromatic carbocycles. The van der Waals surface area contributed by atoms with Crippen molar-refractivity contribution in [2.24, 2.45) is 0 Å². The largest absolute Gasteiger partial charge is 0.508 e. The van der Waals surface area contributed by atoms with Gasteiger partial charge in [0.2, 0.25) is 0 Å². The van der Waals surface area contributed by atoms with Crippen LogP contribution >= 0.6 is 0 Å². The lowest BCUT2D eigenvalue weighted by Crippen LogP contribution is -2.59. The number of hydrogen-bond donors (Lipinski definition) is 8. The summed E-state index contributed by atoms with van der Waals surface area (Å²) in [5.74, 6) is 4.89. The molecule has 0 bridgehead atoms. The molecule has 3 rings (SSSR count). The molecular formula is C23H26O10. The molecule has 0 aliphatic carbocycles. The molecule has 1 aliphatic heterocycles. The number of aliphatic hydroxyl groups excluding tert-OH is 5. The summed E-state index contributed by atoms with van der Waals surface area (Å²) in [7, 11) is 0. The summed E-state index contributed by atoms with van der Waals surface area (Å²) in [5, 5.41) is 79.1. The second-order valence-electron chi connectivity index (χ2n) is 7.62. The zero-order valence-corrected chi connectivity index (χ0v) is 17.4. The van der Waals surface area contributed by atoms with Crippen molar-refractivity contribution in [2.45, 2.75) is 49.3 Å². The highest BCUT2D eigenvalue weighted by Gasteiger charge is 2.45. The number of phenolic OH excluding ortho intramolecular Hbond substituents is 3. The van der Waals surface area contributed by atoms with Gasteiger partial charge in [0.15, 0.2) is 17.8 Å². The summed E-state index contributed by atoms with van der Waals surface area (Å²) in [6.45, 7) is -0.648. The fourth-order valence-corrected chi connectivity index (χ4v) is 3.32. The van der Waals surface area contributed by atoms with Gasteiger partial charge in [-0.15, -0.1) is 0 Å². The standard InChI is InChI=1S/C23H26O10/c24-11-18-20(29)21(30)22(31)23(33-18)32-17(3-1-2-12-4-7-14(25)8-5-12)19(28)13-6-9-15(26)16(27)10-13/h4-10,17-31H,3,11H2/t17-,18-,19-,20-,21+,22-,23-/m1/s1. The van der Waals surface area contributed by atoms with Crippen molar-refractivity contribution in [1.29, 1.82) is 0 Å². The van der Waals surface area contributed by atoms with Crippen LogP contribution in [0.3, 0.4) is 0 Å². The van der Waals surface area contributed by atoms with E-state index in [0.29, 0.717) is 5.56 Å². The van der Waals surface area contributed by atoms with Crippen molar-refractivity contribution >= 4 is 0 Å². The molecule has 0 radical (unpaired) electrons. The zero-order valence-electron chi connectivity index (χ0n) is 17.4. The molecule has 178 valence electrons. The highest BCUT2D eigenvalue weighted by molar-refractivity contribution is 5.42. The fraction of sp³-hybridized carbons (Fsp3) is 0.391. The maximum absolute atomic E-state index is 10.9. The monoisotopic (exact) mass is 462 g/mol. The SMILES string of the molecule is OC[C@H]1O[C@@H](O[C@H](CC#Cc2ccc(O)cc2)[C@H](O)c2ccc(O)c(O)c2)[C@H](O)[C@@H](O)[C@@H]1O. The Bertz CT molecular complexity index is 981. The molecular weight excluding hydrogens is 436 g/mol. The van der Waals surface area contributed by atoms with Crippen molar-refractivity contribution in [1.82, 2.24) is 0 Å². The summed E-state index contributed by atoms with van der Waals surface area (Å²) in [4.78, 5) is 0. The molecule has 1 aliphatic rings. The van der Waals surface area contributed by atoms with Crippen LogP contribution in [0.15, 0.2) is 42.5 Å². The topological polar surface area (TPSA) is 180 Å². The van der Waals surface area contributed by atoms with Gasteiger partial charge in [0.25, 0.3) is 0 Å². The lowest BCUT2D eigenvalue weighted by molar-refractivity contribution is -0.316. The van der Waals surface area contributed by atoms with Crippen molar-refractivity contribution in [3.8, 4) is 29.1 Å². The van der Waals surface area contributed by atoms with Gasteiger partial charge in [0.05, 0.1) is 6.61 Å². The van der Waals surface area contributed by atoms with Crippen LogP contribution in [0, 0.1) is 11.8 Å². The van der Waals surface area contributed by atoms with Crippen LogP contribution in [-0.2, 0) is 9.47 Å². The Hall–Kier alpha value is -2.88. The summed E-state index contributed by atoms with van der Waals surface area (Å²) in [6, 6.07) is 9.77. The Morgan fingerprint density at radius 1 is 0.909 bits per heavy atom. The predicted octanol–water partition coefficient (Wildman–Crippen LogP) is -0.536. The predicted molar refractivity (Wildman–Crippen MR) is 113 cm³/mol. The van der Waals surface area contributed by atoms with Gasteiger partial charge >= 0.3 is 0 Å². The second-order valence-corrected chi connectivity index (χ2v) is 7.62. The van der Waals surface area contributed by atoms with Gasteiger partial charge in [-0.1, -0.05) is 17.9 Å². The maximum atomic E-state index is 10.9. The molecule has 0 saturated carbocycles. The molecule has 33 heavy (non-hydrogen) atoms. The molecule has 1 heterocycles. The Morgan fingerprint density at radius 2 is 1.61 bits per heavy atom. The van der Waals surface area contributed by atoms with Crippen LogP contribution in [0.1, 0.15) is 23.7 Å². The molecule has 7 atom stereocenters. The van der Waals surface area contributed by atoms with Gasteiger partial charge in [-0.3, -0.25) is 0 Å². The summed E-state index contributed by atoms with van der Waals surface area (Å²) < 4.78 is 11.1. The van der Waals surface area contributed by atoms with Crippen LogP contribution in [0.2, 0.25) is 0 Å². The van der Waals surface area contributed by atoms with E-state index in [0.717, 1.165) is 6.07 Å². The molecule has 0 amide bonds. The van der Waals surface area contributed by atoms with E-state index in [-0.39, 0.29) is 23.5 Å². The average molecular weight is 462 g/mol. The molecule has 1 fully saturated rings. The summed E-state index contributed by atoms with van der Waals surface area (Å²) in [6.07, 6.45) is -10.3. The Kier molecular flexibility index (Phi) is 8.12. The number of aromatic hydroxyl groups is 3. The molecule has 10 nitrogen and oxygen atoms in total. The van der Waals surface area contributed by atoms with E-state index in [9.17, 15) is 40.9 Å². The Morgan fingerprint density at radius 3 is 2.24 bits per heavy atom. The molecule has 1 saturated heterocycles. The van der Waals surface area contributed by atoms with Crippen molar-refractivity contribution in [2.75, 3.05) is 6.61 Å². The van der Waals surface area contributed by atoms with E-state index in [1.165, 1.54) is 24.3 Å². The molecule has 10 heteroatoms. The summed E-state index contributed by atoms with van der Waals surface area (Å²) in [5.41, 5.74) is 0.752. The number of benzene rings is 2. The first kappa shape index (κ1) is 24.8. The van der Waals surface area contributed by atoms with Crippen molar-refractivity contribution in [3.05, 3.63) is 53.6 Å². The van der Waals surface area contributed by atoms with E-state index in [1.54, 1.807) is 12.1 Å². The van der Waals surface area contributed by atoms with Crippen molar-refractivity contribution < 1.29 is 50.3 Å². The fourth-order valence-electron chi connectivity index (χ4n) is 3.32. The normalized spacial score (nSPS) is 26.8. The summed E-state index contributed by atoms with van der Waals surface area (Å²) >= 11 is 0. The van der Waals surface area contributed by atoms with Gasteiger partial charge in [-0.25, -0.2) is 0 Å². The van der Waals surface area contributed by atoms with Gasteiger partial charge in [0.1, 0.15) is 42.4 Å². The lowest BCUT2D eigenvalue weighted by atomic mass is 9.98. The van der Waals surface area contributed by atoms with Crippen LogP contribution in [-0.4, -0.2) is 84.3 Å². The third kappa shape index (κ3) is 5.93. The van der Waals surface area contributed by atoms with Gasteiger partial charge in [0, 0.05) is 12.0 Å². The number of aliphatic hydroxyl groups is 5. The molecule has 0 aromatic heterocycles. The van der Waals surface area contributed by atoms with Crippen molar-refractivity contribution in [3.63, 3.8) is 0 Å². The van der Waals surface area contributed by atoms with E-state index < -0.39 is 55.3 Å². The number of phenols is 3. The minimum absolute atomic E-state index is 0.0759. The minimum atomic E-state index is -1.68. The van der Waals surface area contributed by atoms with E-state index in [4.69, 9.17) is 9.47 Å². The van der Waals surface area contributed by atoms with Gasteiger partial charge in [-0.2, -0.15) is 0 Å². The van der Waals surface area contributed by atoms with E-state index >= 15 is 0 Å². The van der Waals surface area contributed by atoms with Crippen LogP contribution in [0.5, 0.6) is 17.2 Å². The van der Waals surface area contributed by atoms with Crippen LogP contribution in [0.4, 0.5) is 0 Å². The highest BCUT2D eigenvalue weighted by Crippen LogP contribution is 2.32. The first-order valence-corrected chi connectivity index (χ1v) is 10.1. The van der Waals surface area contributed by atoms with Gasteiger partial charge < -0.3 is 50.3 Å². The molecule has 0 spiro atoms. The second kappa shape index (κ2) is 10.8. The quantitative estimate of drug-likeness (QED) is 0.205. The Labute approximate surface area is 189 Å². The molecule has 0 unspecified atom stereocenters. The third-order valence-electron chi connectivity index (χ3n) is 5.25. The third-order valence-corrected chi connectivity index (χ3v) is 5.25. The van der Waals surface area contributed by atoms with E-state index in [1.807, 2.05) is 0 Å². The molecule has 8 N–H and O–H groups in total. The minimum Gasteiger partial charge on any atom is -0.508 e. The Balaban J connectivity index is 1.84. The smallest absolute Gasteiger partial charge is 0.187 e. The zero-order chi connectivity index (χ0) is 24.1. The number of hydrogen-bond acceptors (Lipinski definition) is 10. The molecule has 2 aromatic rings. The first-order valence-electron chi connectivity index (χ1n) is 10.1. The lowest BCUT2D eigenvalue weighted by Gasteiger charge is -2.41. The average Bonchev–Trinajstić information content (AvgIpc) is 2.81. The maximum Gasteiger partial charge on any atom is 0.187 e. The number of rotatable bonds is 6. The highest BCUT2D eigenvalue weighted by atomic mass is 16.7. The van der Waals surface area contributed by atoms with Crippen LogP contribution in [0.25, 0.3) is 0 Å². The first-order chi connectivity index (χ1) is 15.7. The van der Waals surface area contributed by atoms with Gasteiger partial charge in [-0.05, 0) is 42.0 Å².